The van der Waals surface area contributed by atoms with Crippen molar-refractivity contribution in [3.05, 3.63) is 21.9 Å². The average Bonchev–Trinajstić information content (AvgIpc) is 2.81. The normalized spacial score (nSPS) is 14.4. The highest BCUT2D eigenvalue weighted by Crippen LogP contribution is 2.27. The second-order valence-corrected chi connectivity index (χ2v) is 5.38. The van der Waals surface area contributed by atoms with E-state index in [1.807, 2.05) is 0 Å². The van der Waals surface area contributed by atoms with Crippen LogP contribution in [0.5, 0.6) is 0 Å². The van der Waals surface area contributed by atoms with Crippen LogP contribution >= 0.6 is 11.3 Å². The lowest BCUT2D eigenvalue weighted by molar-refractivity contribution is 0.0526. The van der Waals surface area contributed by atoms with E-state index in [1.54, 1.807) is 16.3 Å². The molecular formula is C14H17NO3S. The zero-order valence-corrected chi connectivity index (χ0v) is 11.4. The highest BCUT2D eigenvalue weighted by Gasteiger charge is 2.29. The molecule has 1 amide bonds. The molecule has 2 N–H and O–H groups in total. The summed E-state index contributed by atoms with van der Waals surface area (Å²) in [5.41, 5.74) is 0.618. The zero-order valence-electron chi connectivity index (χ0n) is 10.6. The van der Waals surface area contributed by atoms with Crippen LogP contribution in [0.4, 0.5) is 0 Å². The Hall–Kier alpha value is -1.35. The molecule has 1 aliphatic carbocycles. The Balaban J connectivity index is 2.09. The molecule has 102 valence electrons. The highest BCUT2D eigenvalue weighted by atomic mass is 32.1. The van der Waals surface area contributed by atoms with Crippen molar-refractivity contribution in [2.24, 2.45) is 0 Å². The molecule has 2 rings (SSSR count). The van der Waals surface area contributed by atoms with Crippen LogP contribution in [0.1, 0.15) is 34.5 Å². The number of carbonyl (C=O) groups is 1. The Labute approximate surface area is 116 Å². The summed E-state index contributed by atoms with van der Waals surface area (Å²) in [6, 6.07) is 2.02. The quantitative estimate of drug-likeness (QED) is 0.811. The summed E-state index contributed by atoms with van der Waals surface area (Å²) < 4.78 is 0. The summed E-state index contributed by atoms with van der Waals surface area (Å²) in [4.78, 5) is 14.9. The lowest BCUT2D eigenvalue weighted by Crippen LogP contribution is -2.45. The van der Waals surface area contributed by atoms with E-state index >= 15 is 0 Å². The molecule has 0 radical (unpaired) electrons. The van der Waals surface area contributed by atoms with Crippen molar-refractivity contribution in [1.29, 1.82) is 0 Å². The average molecular weight is 279 g/mol. The molecule has 0 spiro atoms. The van der Waals surface area contributed by atoms with Crippen LogP contribution in [0.15, 0.2) is 11.4 Å². The van der Waals surface area contributed by atoms with Crippen molar-refractivity contribution in [2.45, 2.75) is 25.3 Å². The number of rotatable bonds is 4. The summed E-state index contributed by atoms with van der Waals surface area (Å²) >= 11 is 1.40. The van der Waals surface area contributed by atoms with Crippen LogP contribution in [0.3, 0.4) is 0 Å². The first-order chi connectivity index (χ1) is 9.26. The van der Waals surface area contributed by atoms with Crippen molar-refractivity contribution in [3.63, 3.8) is 0 Å². The van der Waals surface area contributed by atoms with Gasteiger partial charge in [-0.2, -0.15) is 0 Å². The van der Waals surface area contributed by atoms with E-state index in [1.165, 1.54) is 11.3 Å². The molecule has 1 aromatic rings. The largest absolute Gasteiger partial charge is 0.395 e. The molecule has 0 bridgehead atoms. The fourth-order valence-electron chi connectivity index (χ4n) is 2.06. The number of thiophene rings is 1. The lowest BCUT2D eigenvalue weighted by Gasteiger charge is -2.37. The van der Waals surface area contributed by atoms with Gasteiger partial charge in [0.15, 0.2) is 0 Å². The lowest BCUT2D eigenvalue weighted by atomic mass is 9.91. The molecule has 0 atom stereocenters. The minimum atomic E-state index is -0.181. The summed E-state index contributed by atoms with van der Waals surface area (Å²) in [5, 5.41) is 19.5. The van der Waals surface area contributed by atoms with Crippen LogP contribution in [0, 0.1) is 11.8 Å². The van der Waals surface area contributed by atoms with Crippen molar-refractivity contribution < 1.29 is 15.0 Å². The number of carbonyl (C=O) groups excluding carboxylic acids is 1. The highest BCUT2D eigenvalue weighted by molar-refractivity contribution is 7.10. The summed E-state index contributed by atoms with van der Waals surface area (Å²) in [5.74, 6) is 5.33. The van der Waals surface area contributed by atoms with Gasteiger partial charge in [0.1, 0.15) is 6.61 Å². The predicted octanol–water partition coefficient (Wildman–Crippen LogP) is 1.08. The first-order valence-electron chi connectivity index (χ1n) is 6.36. The molecule has 4 nitrogen and oxygen atoms in total. The smallest absolute Gasteiger partial charge is 0.255 e. The first kappa shape index (κ1) is 14.1. The molecule has 0 unspecified atom stereocenters. The third kappa shape index (κ3) is 3.35. The summed E-state index contributed by atoms with van der Waals surface area (Å²) in [6.07, 6.45) is 3.19. The van der Waals surface area contributed by atoms with Gasteiger partial charge in [0.2, 0.25) is 0 Å². The van der Waals surface area contributed by atoms with Crippen LogP contribution in [-0.2, 0) is 0 Å². The zero-order chi connectivity index (χ0) is 13.7. The van der Waals surface area contributed by atoms with Crippen molar-refractivity contribution in [3.8, 4) is 11.8 Å². The van der Waals surface area contributed by atoms with Gasteiger partial charge in [0, 0.05) is 18.0 Å². The van der Waals surface area contributed by atoms with E-state index in [9.17, 15) is 4.79 Å². The minimum Gasteiger partial charge on any atom is -0.395 e. The molecule has 1 saturated carbocycles. The molecule has 0 saturated heterocycles. The SMILES string of the molecule is O=C(c1csc(C#CCO)c1)N(CCO)C1CCC1. The molecule has 5 heteroatoms. The van der Waals surface area contributed by atoms with E-state index in [4.69, 9.17) is 10.2 Å². The molecule has 1 fully saturated rings. The predicted molar refractivity (Wildman–Crippen MR) is 74.0 cm³/mol. The molecular weight excluding hydrogens is 262 g/mol. The fourth-order valence-corrected chi connectivity index (χ4v) is 2.81. The van der Waals surface area contributed by atoms with Crippen LogP contribution in [-0.4, -0.2) is 46.8 Å². The van der Waals surface area contributed by atoms with Gasteiger partial charge in [-0.3, -0.25) is 4.79 Å². The fraction of sp³-hybridized carbons (Fsp3) is 0.500. The Morgan fingerprint density at radius 1 is 1.47 bits per heavy atom. The number of hydrogen-bond donors (Lipinski definition) is 2. The Kier molecular flexibility index (Phi) is 4.97. The van der Waals surface area contributed by atoms with Crippen LogP contribution in [0.25, 0.3) is 0 Å². The summed E-state index contributed by atoms with van der Waals surface area (Å²) in [6.45, 7) is 0.195. The van der Waals surface area contributed by atoms with Crippen molar-refractivity contribution >= 4 is 17.2 Å². The Morgan fingerprint density at radius 2 is 2.26 bits per heavy atom. The Bertz CT molecular complexity index is 496. The second kappa shape index (κ2) is 6.71. The van der Waals surface area contributed by atoms with Gasteiger partial charge in [0.05, 0.1) is 17.0 Å². The second-order valence-electron chi connectivity index (χ2n) is 4.47. The van der Waals surface area contributed by atoms with Gasteiger partial charge >= 0.3 is 0 Å². The minimum absolute atomic E-state index is 0.0104. The third-order valence-electron chi connectivity index (χ3n) is 3.25. The van der Waals surface area contributed by atoms with Crippen molar-refractivity contribution in [1.82, 2.24) is 4.90 Å². The van der Waals surface area contributed by atoms with Crippen LogP contribution < -0.4 is 0 Å². The molecule has 0 aromatic carbocycles. The standard InChI is InChI=1S/C14H17NO3S/c16-7-2-5-13-9-11(10-19-13)14(18)15(6-8-17)12-3-1-4-12/h9-10,12,16-17H,1,3-4,6-8H2. The molecule has 1 heterocycles. The van der Waals surface area contributed by atoms with Gasteiger partial charge in [-0.05, 0) is 25.3 Å². The van der Waals surface area contributed by atoms with Gasteiger partial charge in [-0.1, -0.05) is 11.8 Å². The van der Waals surface area contributed by atoms with Gasteiger partial charge in [0.25, 0.3) is 5.91 Å². The number of nitrogens with zero attached hydrogens (tertiary/aromatic N) is 1. The number of aliphatic hydroxyl groups is 2. The van der Waals surface area contributed by atoms with Gasteiger partial charge < -0.3 is 15.1 Å². The number of hydrogen-bond acceptors (Lipinski definition) is 4. The maximum Gasteiger partial charge on any atom is 0.255 e. The van der Waals surface area contributed by atoms with Gasteiger partial charge in [-0.25, -0.2) is 0 Å². The monoisotopic (exact) mass is 279 g/mol. The molecule has 0 aliphatic heterocycles. The van der Waals surface area contributed by atoms with Crippen molar-refractivity contribution in [2.75, 3.05) is 19.8 Å². The molecule has 1 aliphatic rings. The molecule has 1 aromatic heterocycles. The topological polar surface area (TPSA) is 60.8 Å². The third-order valence-corrected chi connectivity index (χ3v) is 4.10. The van der Waals surface area contributed by atoms with E-state index in [0.717, 1.165) is 24.1 Å². The number of amides is 1. The maximum absolute atomic E-state index is 12.4. The maximum atomic E-state index is 12.4. The van der Waals surface area contributed by atoms with Gasteiger partial charge in [-0.15, -0.1) is 11.3 Å². The summed E-state index contributed by atoms with van der Waals surface area (Å²) in [7, 11) is 0. The first-order valence-corrected chi connectivity index (χ1v) is 7.24. The van der Waals surface area contributed by atoms with E-state index in [0.29, 0.717) is 12.1 Å². The van der Waals surface area contributed by atoms with E-state index < -0.39 is 0 Å². The number of aliphatic hydroxyl groups excluding tert-OH is 2. The van der Waals surface area contributed by atoms with E-state index in [2.05, 4.69) is 11.8 Å². The molecule has 19 heavy (non-hydrogen) atoms. The van der Waals surface area contributed by atoms with E-state index in [-0.39, 0.29) is 25.2 Å². The van der Waals surface area contributed by atoms with Crippen LogP contribution in [0.2, 0.25) is 0 Å². The Morgan fingerprint density at radius 3 is 2.84 bits per heavy atom.